The molecule has 2 unspecified atom stereocenters. The minimum atomic E-state index is -0.142. The van der Waals surface area contributed by atoms with E-state index in [1.165, 1.54) is 5.69 Å². The van der Waals surface area contributed by atoms with Crippen molar-refractivity contribution in [3.63, 3.8) is 0 Å². The van der Waals surface area contributed by atoms with Crippen molar-refractivity contribution in [1.29, 1.82) is 0 Å². The van der Waals surface area contributed by atoms with Gasteiger partial charge in [-0.15, -0.1) is 0 Å². The van der Waals surface area contributed by atoms with Crippen molar-refractivity contribution in [2.45, 2.75) is 37.8 Å². The fourth-order valence-electron chi connectivity index (χ4n) is 2.21. The minimum absolute atomic E-state index is 0.142. The van der Waals surface area contributed by atoms with Gasteiger partial charge >= 0.3 is 0 Å². The molecule has 1 aliphatic carbocycles. The number of nitrogens with zero attached hydrogens (tertiary/aromatic N) is 2. The Morgan fingerprint density at radius 2 is 2.47 bits per heavy atom. The second-order valence-electron chi connectivity index (χ2n) is 4.26. The first-order chi connectivity index (χ1) is 7.27. The molecule has 2 rings (SSSR count). The Balaban J connectivity index is 1.73. The maximum absolute atomic E-state index is 9.62. The number of hydrogen-bond acceptors (Lipinski definition) is 3. The first-order valence-corrected chi connectivity index (χ1v) is 5.65. The van der Waals surface area contributed by atoms with Crippen molar-refractivity contribution >= 4 is 0 Å². The summed E-state index contributed by atoms with van der Waals surface area (Å²) in [7, 11) is 1.96. The van der Waals surface area contributed by atoms with Crippen molar-refractivity contribution in [3.05, 3.63) is 18.0 Å². The molecule has 4 nitrogen and oxygen atoms in total. The molecule has 0 radical (unpaired) electrons. The average molecular weight is 209 g/mol. The molecule has 1 fully saturated rings. The molecule has 1 aromatic rings. The topological polar surface area (TPSA) is 50.1 Å². The van der Waals surface area contributed by atoms with Gasteiger partial charge in [0.1, 0.15) is 0 Å². The van der Waals surface area contributed by atoms with Gasteiger partial charge in [0.15, 0.2) is 0 Å². The maximum atomic E-state index is 9.62. The third-order valence-electron chi connectivity index (χ3n) is 3.19. The van der Waals surface area contributed by atoms with E-state index < -0.39 is 0 Å². The molecule has 1 aliphatic rings. The maximum Gasteiger partial charge on any atom is 0.0693 e. The molecule has 2 atom stereocenters. The highest BCUT2D eigenvalue weighted by Crippen LogP contribution is 2.18. The average Bonchev–Trinajstić information content (AvgIpc) is 2.78. The summed E-state index contributed by atoms with van der Waals surface area (Å²) < 4.78 is 1.90. The summed E-state index contributed by atoms with van der Waals surface area (Å²) in [6, 6.07) is 2.34. The fourth-order valence-corrected chi connectivity index (χ4v) is 2.21. The minimum Gasteiger partial charge on any atom is -0.392 e. The summed E-state index contributed by atoms with van der Waals surface area (Å²) in [6.45, 7) is 0.918. The van der Waals surface area contributed by atoms with E-state index in [2.05, 4.69) is 10.4 Å². The molecule has 1 aromatic heterocycles. The number of aliphatic hydroxyl groups is 1. The van der Waals surface area contributed by atoms with Crippen molar-refractivity contribution in [2.24, 2.45) is 7.05 Å². The van der Waals surface area contributed by atoms with E-state index in [0.29, 0.717) is 6.04 Å². The molecule has 0 bridgehead atoms. The van der Waals surface area contributed by atoms with Crippen LogP contribution in [0.25, 0.3) is 0 Å². The Morgan fingerprint density at radius 3 is 3.07 bits per heavy atom. The second kappa shape index (κ2) is 4.77. The molecule has 0 amide bonds. The van der Waals surface area contributed by atoms with E-state index in [9.17, 15) is 5.11 Å². The number of aromatic nitrogens is 2. The van der Waals surface area contributed by atoms with Crippen LogP contribution in [0.1, 0.15) is 25.0 Å². The van der Waals surface area contributed by atoms with Gasteiger partial charge in [0.25, 0.3) is 0 Å². The summed E-state index contributed by atoms with van der Waals surface area (Å²) in [5, 5.41) is 17.1. The van der Waals surface area contributed by atoms with Crippen LogP contribution in [0.2, 0.25) is 0 Å². The number of aliphatic hydroxyl groups excluding tert-OH is 1. The smallest absolute Gasteiger partial charge is 0.0693 e. The van der Waals surface area contributed by atoms with Crippen LogP contribution in [-0.2, 0) is 13.5 Å². The number of hydrogen-bond donors (Lipinski definition) is 2. The van der Waals surface area contributed by atoms with Gasteiger partial charge in [-0.2, -0.15) is 5.10 Å². The molecule has 2 N–H and O–H groups in total. The molecular weight excluding hydrogens is 190 g/mol. The van der Waals surface area contributed by atoms with Crippen LogP contribution in [0.15, 0.2) is 12.3 Å². The quantitative estimate of drug-likeness (QED) is 0.757. The number of aryl methyl sites for hydroxylation is 1. The monoisotopic (exact) mass is 209 g/mol. The van der Waals surface area contributed by atoms with Gasteiger partial charge in [-0.25, -0.2) is 0 Å². The van der Waals surface area contributed by atoms with Gasteiger partial charge in [-0.1, -0.05) is 0 Å². The van der Waals surface area contributed by atoms with Crippen LogP contribution >= 0.6 is 0 Å². The fraction of sp³-hybridized carbons (Fsp3) is 0.727. The molecule has 1 saturated carbocycles. The number of rotatable bonds is 4. The lowest BCUT2D eigenvalue weighted by atomic mass is 10.2. The predicted octanol–water partition coefficient (Wildman–Crippen LogP) is 0.466. The predicted molar refractivity (Wildman–Crippen MR) is 58.6 cm³/mol. The zero-order valence-corrected chi connectivity index (χ0v) is 9.19. The molecule has 84 valence electrons. The molecule has 0 aromatic carbocycles. The van der Waals surface area contributed by atoms with Gasteiger partial charge < -0.3 is 10.4 Å². The third-order valence-corrected chi connectivity index (χ3v) is 3.19. The Labute approximate surface area is 90.3 Å². The van der Waals surface area contributed by atoms with Crippen molar-refractivity contribution in [2.75, 3.05) is 6.54 Å². The van der Waals surface area contributed by atoms with Gasteiger partial charge in [-0.3, -0.25) is 4.68 Å². The molecule has 1 heterocycles. The Bertz CT molecular complexity index is 311. The van der Waals surface area contributed by atoms with Gasteiger partial charge in [-0.05, 0) is 25.3 Å². The largest absolute Gasteiger partial charge is 0.392 e. The zero-order chi connectivity index (χ0) is 10.7. The molecule has 0 aliphatic heterocycles. The van der Waals surface area contributed by atoms with E-state index in [0.717, 1.165) is 32.2 Å². The third kappa shape index (κ3) is 2.58. The van der Waals surface area contributed by atoms with Gasteiger partial charge in [0.2, 0.25) is 0 Å². The lowest BCUT2D eigenvalue weighted by Gasteiger charge is -2.16. The second-order valence-corrected chi connectivity index (χ2v) is 4.26. The van der Waals surface area contributed by atoms with E-state index in [1.807, 2.05) is 24.0 Å². The van der Waals surface area contributed by atoms with E-state index in [-0.39, 0.29) is 6.10 Å². The molecule has 0 saturated heterocycles. The zero-order valence-electron chi connectivity index (χ0n) is 9.19. The SMILES string of the molecule is Cn1nccc1CCNC1CCCC1O. The lowest BCUT2D eigenvalue weighted by Crippen LogP contribution is -2.36. The highest BCUT2D eigenvalue weighted by molar-refractivity contribution is 5.00. The normalized spacial score (nSPS) is 26.0. The van der Waals surface area contributed by atoms with Crippen molar-refractivity contribution in [1.82, 2.24) is 15.1 Å². The number of nitrogens with one attached hydrogen (secondary N) is 1. The Morgan fingerprint density at radius 1 is 1.60 bits per heavy atom. The van der Waals surface area contributed by atoms with Crippen LogP contribution in [-0.4, -0.2) is 33.6 Å². The van der Waals surface area contributed by atoms with Crippen molar-refractivity contribution in [3.8, 4) is 0 Å². The van der Waals surface area contributed by atoms with Crippen LogP contribution in [0.3, 0.4) is 0 Å². The van der Waals surface area contributed by atoms with E-state index >= 15 is 0 Å². The summed E-state index contributed by atoms with van der Waals surface area (Å²) in [5.41, 5.74) is 1.23. The first kappa shape index (κ1) is 10.6. The molecule has 0 spiro atoms. The highest BCUT2D eigenvalue weighted by atomic mass is 16.3. The van der Waals surface area contributed by atoms with Crippen molar-refractivity contribution < 1.29 is 5.11 Å². The molecule has 15 heavy (non-hydrogen) atoms. The van der Waals surface area contributed by atoms with Crippen LogP contribution < -0.4 is 5.32 Å². The summed E-state index contributed by atoms with van der Waals surface area (Å²) >= 11 is 0. The van der Waals surface area contributed by atoms with Crippen LogP contribution in [0.5, 0.6) is 0 Å². The first-order valence-electron chi connectivity index (χ1n) is 5.65. The molecular formula is C11H19N3O. The highest BCUT2D eigenvalue weighted by Gasteiger charge is 2.24. The van der Waals surface area contributed by atoms with Gasteiger partial charge in [0.05, 0.1) is 6.10 Å². The standard InChI is InChI=1S/C11H19N3O/c1-14-9(6-8-13-14)5-7-12-10-3-2-4-11(10)15/h6,8,10-12,15H,2-5,7H2,1H3. The van der Waals surface area contributed by atoms with Crippen LogP contribution in [0, 0.1) is 0 Å². The van der Waals surface area contributed by atoms with Crippen LogP contribution in [0.4, 0.5) is 0 Å². The summed E-state index contributed by atoms with van der Waals surface area (Å²) in [6.07, 6.45) is 5.84. The summed E-state index contributed by atoms with van der Waals surface area (Å²) in [4.78, 5) is 0. The van der Waals surface area contributed by atoms with Gasteiger partial charge in [0, 0.05) is 37.9 Å². The summed E-state index contributed by atoms with van der Waals surface area (Å²) in [5.74, 6) is 0. The Kier molecular flexibility index (Phi) is 3.38. The Hall–Kier alpha value is -0.870. The van der Waals surface area contributed by atoms with E-state index in [4.69, 9.17) is 0 Å². The van der Waals surface area contributed by atoms with E-state index in [1.54, 1.807) is 0 Å². The molecule has 4 heteroatoms. The lowest BCUT2D eigenvalue weighted by molar-refractivity contribution is 0.149.